The van der Waals surface area contributed by atoms with E-state index in [4.69, 9.17) is 9.47 Å². The quantitative estimate of drug-likeness (QED) is 0.743. The van der Waals surface area contributed by atoms with Crippen LogP contribution in [0.4, 0.5) is 0 Å². The SMILES string of the molecule is COc1ccc(Br)c(COc2ccc(C)cc2C(C)=O)c1. The predicted octanol–water partition coefficient (Wildman–Crippen LogP) is 4.55. The minimum atomic E-state index is -0.00147. The fourth-order valence-electron chi connectivity index (χ4n) is 1.99. The Morgan fingerprint density at radius 2 is 1.95 bits per heavy atom. The van der Waals surface area contributed by atoms with Gasteiger partial charge in [0, 0.05) is 10.0 Å². The van der Waals surface area contributed by atoms with Gasteiger partial charge in [0.25, 0.3) is 0 Å². The molecule has 0 aliphatic carbocycles. The van der Waals surface area contributed by atoms with E-state index in [1.54, 1.807) is 14.0 Å². The Morgan fingerprint density at radius 1 is 1.19 bits per heavy atom. The van der Waals surface area contributed by atoms with E-state index in [2.05, 4.69) is 15.9 Å². The molecule has 0 atom stereocenters. The molecule has 0 amide bonds. The van der Waals surface area contributed by atoms with Gasteiger partial charge in [-0.2, -0.15) is 0 Å². The van der Waals surface area contributed by atoms with Crippen molar-refractivity contribution < 1.29 is 14.3 Å². The summed E-state index contributed by atoms with van der Waals surface area (Å²) in [6.07, 6.45) is 0. The molecule has 0 saturated carbocycles. The van der Waals surface area contributed by atoms with Crippen LogP contribution in [0.25, 0.3) is 0 Å². The minimum Gasteiger partial charge on any atom is -0.497 e. The Hall–Kier alpha value is -1.81. The van der Waals surface area contributed by atoms with Crippen molar-refractivity contribution in [1.29, 1.82) is 0 Å². The summed E-state index contributed by atoms with van der Waals surface area (Å²) in [7, 11) is 1.63. The molecule has 0 aromatic heterocycles. The first kappa shape index (κ1) is 15.6. The Morgan fingerprint density at radius 3 is 2.62 bits per heavy atom. The monoisotopic (exact) mass is 348 g/mol. The molecular formula is C17H17BrO3. The van der Waals surface area contributed by atoms with Crippen LogP contribution in [0.1, 0.15) is 28.4 Å². The number of benzene rings is 2. The molecule has 0 spiro atoms. The Bertz CT molecular complexity index is 665. The van der Waals surface area contributed by atoms with Gasteiger partial charge < -0.3 is 9.47 Å². The average molecular weight is 349 g/mol. The highest BCUT2D eigenvalue weighted by molar-refractivity contribution is 9.10. The number of methoxy groups -OCH3 is 1. The second-order valence-electron chi connectivity index (χ2n) is 4.80. The molecule has 2 rings (SSSR count). The fourth-order valence-corrected chi connectivity index (χ4v) is 2.35. The maximum absolute atomic E-state index is 11.7. The molecule has 0 aliphatic rings. The summed E-state index contributed by atoms with van der Waals surface area (Å²) >= 11 is 3.49. The summed E-state index contributed by atoms with van der Waals surface area (Å²) in [5, 5.41) is 0. The molecule has 0 radical (unpaired) electrons. The van der Waals surface area contributed by atoms with Gasteiger partial charge in [-0.1, -0.05) is 27.6 Å². The van der Waals surface area contributed by atoms with Gasteiger partial charge >= 0.3 is 0 Å². The number of halogens is 1. The number of aryl methyl sites for hydroxylation is 1. The summed E-state index contributed by atoms with van der Waals surface area (Å²) in [6, 6.07) is 11.3. The molecule has 0 heterocycles. The molecule has 21 heavy (non-hydrogen) atoms. The van der Waals surface area contributed by atoms with E-state index in [1.807, 2.05) is 43.3 Å². The number of rotatable bonds is 5. The van der Waals surface area contributed by atoms with Crippen molar-refractivity contribution in [3.8, 4) is 11.5 Å². The lowest BCUT2D eigenvalue weighted by Gasteiger charge is -2.12. The van der Waals surface area contributed by atoms with E-state index in [9.17, 15) is 4.79 Å². The topological polar surface area (TPSA) is 35.5 Å². The Labute approximate surface area is 133 Å². The maximum atomic E-state index is 11.7. The number of hydrogen-bond acceptors (Lipinski definition) is 3. The third-order valence-electron chi connectivity index (χ3n) is 3.15. The van der Waals surface area contributed by atoms with Crippen LogP contribution in [-0.4, -0.2) is 12.9 Å². The van der Waals surface area contributed by atoms with Crippen LogP contribution in [0.3, 0.4) is 0 Å². The average Bonchev–Trinajstić information content (AvgIpc) is 2.47. The van der Waals surface area contributed by atoms with Gasteiger partial charge in [0.15, 0.2) is 5.78 Å². The van der Waals surface area contributed by atoms with Gasteiger partial charge in [-0.15, -0.1) is 0 Å². The Kier molecular flexibility index (Phi) is 5.02. The van der Waals surface area contributed by atoms with Gasteiger partial charge in [0.1, 0.15) is 18.1 Å². The number of ketones is 1. The first-order valence-electron chi connectivity index (χ1n) is 6.58. The smallest absolute Gasteiger partial charge is 0.163 e. The van der Waals surface area contributed by atoms with Crippen molar-refractivity contribution in [2.75, 3.05) is 7.11 Å². The zero-order chi connectivity index (χ0) is 15.4. The van der Waals surface area contributed by atoms with Crippen LogP contribution >= 0.6 is 15.9 Å². The number of carbonyl (C=O) groups is 1. The van der Waals surface area contributed by atoms with Gasteiger partial charge in [-0.3, -0.25) is 4.79 Å². The lowest BCUT2D eigenvalue weighted by molar-refractivity contribution is 0.101. The van der Waals surface area contributed by atoms with Crippen LogP contribution in [0.5, 0.6) is 11.5 Å². The summed E-state index contributed by atoms with van der Waals surface area (Å²) in [6.45, 7) is 3.86. The zero-order valence-electron chi connectivity index (χ0n) is 12.3. The van der Waals surface area contributed by atoms with Gasteiger partial charge in [-0.25, -0.2) is 0 Å². The molecule has 2 aromatic carbocycles. The number of ether oxygens (including phenoxy) is 2. The zero-order valence-corrected chi connectivity index (χ0v) is 13.9. The molecule has 4 heteroatoms. The van der Waals surface area contributed by atoms with E-state index in [1.165, 1.54) is 0 Å². The van der Waals surface area contributed by atoms with Crippen molar-refractivity contribution in [3.63, 3.8) is 0 Å². The summed E-state index contributed by atoms with van der Waals surface area (Å²) in [4.78, 5) is 11.7. The van der Waals surface area contributed by atoms with Gasteiger partial charge in [0.2, 0.25) is 0 Å². The second kappa shape index (κ2) is 6.76. The van der Waals surface area contributed by atoms with Crippen LogP contribution in [-0.2, 0) is 6.61 Å². The molecule has 0 saturated heterocycles. The van der Waals surface area contributed by atoms with E-state index < -0.39 is 0 Å². The Balaban J connectivity index is 2.22. The highest BCUT2D eigenvalue weighted by atomic mass is 79.9. The molecular weight excluding hydrogens is 332 g/mol. The fraction of sp³-hybridized carbons (Fsp3) is 0.235. The number of hydrogen-bond donors (Lipinski definition) is 0. The molecule has 110 valence electrons. The van der Waals surface area contributed by atoms with E-state index in [0.29, 0.717) is 17.9 Å². The van der Waals surface area contributed by atoms with Crippen LogP contribution in [0.2, 0.25) is 0 Å². The molecule has 0 unspecified atom stereocenters. The largest absolute Gasteiger partial charge is 0.497 e. The van der Waals surface area contributed by atoms with Crippen molar-refractivity contribution in [1.82, 2.24) is 0 Å². The summed E-state index contributed by atoms with van der Waals surface area (Å²) in [5.41, 5.74) is 2.61. The first-order valence-corrected chi connectivity index (χ1v) is 7.37. The molecule has 0 aliphatic heterocycles. The molecule has 2 aromatic rings. The lowest BCUT2D eigenvalue weighted by atomic mass is 10.1. The second-order valence-corrected chi connectivity index (χ2v) is 5.66. The van der Waals surface area contributed by atoms with Crippen LogP contribution in [0, 0.1) is 6.92 Å². The van der Waals surface area contributed by atoms with E-state index in [-0.39, 0.29) is 5.78 Å². The summed E-state index contributed by atoms with van der Waals surface area (Å²) < 4.78 is 12.0. The van der Waals surface area contributed by atoms with Crippen LogP contribution in [0.15, 0.2) is 40.9 Å². The maximum Gasteiger partial charge on any atom is 0.163 e. The van der Waals surface area contributed by atoms with Crippen molar-refractivity contribution >= 4 is 21.7 Å². The first-order chi connectivity index (χ1) is 10.0. The number of Topliss-reactive ketones (excluding diaryl/α,β-unsaturated/α-hetero) is 1. The standard InChI is InChI=1S/C17H17BrO3/c1-11-4-7-17(15(8-11)12(2)19)21-10-13-9-14(20-3)5-6-16(13)18/h4-9H,10H2,1-3H3. The third-order valence-corrected chi connectivity index (χ3v) is 3.92. The third kappa shape index (κ3) is 3.85. The van der Waals surface area contributed by atoms with Crippen molar-refractivity contribution in [3.05, 3.63) is 57.6 Å². The normalized spacial score (nSPS) is 10.3. The predicted molar refractivity (Wildman–Crippen MR) is 86.2 cm³/mol. The van der Waals surface area contributed by atoms with Gasteiger partial charge in [0.05, 0.1) is 12.7 Å². The van der Waals surface area contributed by atoms with Gasteiger partial charge in [-0.05, 0) is 44.2 Å². The summed E-state index contributed by atoms with van der Waals surface area (Å²) in [5.74, 6) is 1.37. The lowest BCUT2D eigenvalue weighted by Crippen LogP contribution is -2.03. The number of carbonyl (C=O) groups excluding carboxylic acids is 1. The molecule has 0 bridgehead atoms. The van der Waals surface area contributed by atoms with Crippen molar-refractivity contribution in [2.24, 2.45) is 0 Å². The van der Waals surface area contributed by atoms with Crippen LogP contribution < -0.4 is 9.47 Å². The molecule has 0 fully saturated rings. The van der Waals surface area contributed by atoms with Crippen molar-refractivity contribution in [2.45, 2.75) is 20.5 Å². The molecule has 3 nitrogen and oxygen atoms in total. The van der Waals surface area contributed by atoms with E-state index >= 15 is 0 Å². The highest BCUT2D eigenvalue weighted by Gasteiger charge is 2.10. The molecule has 0 N–H and O–H groups in total. The highest BCUT2D eigenvalue weighted by Crippen LogP contribution is 2.26. The van der Waals surface area contributed by atoms with E-state index in [0.717, 1.165) is 21.3 Å². The minimum absolute atomic E-state index is 0.00147.